The maximum atomic E-state index is 11.1. The van der Waals surface area contributed by atoms with Gasteiger partial charge in [0.15, 0.2) is 0 Å². The van der Waals surface area contributed by atoms with Gasteiger partial charge in [0.05, 0.1) is 0 Å². The van der Waals surface area contributed by atoms with Gasteiger partial charge in [0.1, 0.15) is 6.04 Å². The van der Waals surface area contributed by atoms with Crippen LogP contribution in [0, 0.1) is 5.92 Å². The van der Waals surface area contributed by atoms with E-state index in [4.69, 9.17) is 0 Å². The predicted octanol–water partition coefficient (Wildman–Crippen LogP) is -0.0344. The van der Waals surface area contributed by atoms with E-state index < -0.39 is 0 Å². The Morgan fingerprint density at radius 2 is 2.60 bits per heavy atom. The number of hydrogen-bond acceptors (Lipinski definition) is 2. The molecule has 2 atom stereocenters. The quantitative estimate of drug-likeness (QED) is 0.501. The topological polar surface area (TPSA) is 41.5 Å². The number of carbonyl (C=O) groups excluding carboxylic acids is 1. The second-order valence-corrected chi connectivity index (χ2v) is 2.85. The van der Waals surface area contributed by atoms with E-state index >= 15 is 0 Å². The molecule has 1 N–H and O–H groups in total. The summed E-state index contributed by atoms with van der Waals surface area (Å²) in [5.74, 6) is 0.624. The van der Waals surface area contributed by atoms with Gasteiger partial charge in [0.25, 0.3) is 0 Å². The van der Waals surface area contributed by atoms with Crippen LogP contribution in [0.3, 0.4) is 0 Å². The zero-order valence-electron chi connectivity index (χ0n) is 5.71. The van der Waals surface area contributed by atoms with Gasteiger partial charge in [-0.05, 0) is 18.8 Å². The van der Waals surface area contributed by atoms with Crippen LogP contribution in [0.15, 0.2) is 4.99 Å². The van der Waals surface area contributed by atoms with Crippen LogP contribution < -0.4 is 5.32 Å². The van der Waals surface area contributed by atoms with Gasteiger partial charge in [-0.3, -0.25) is 9.79 Å². The highest BCUT2D eigenvalue weighted by molar-refractivity contribution is 5.86. The predicted molar refractivity (Wildman–Crippen MR) is 38.0 cm³/mol. The summed E-state index contributed by atoms with van der Waals surface area (Å²) >= 11 is 0. The number of carbonyl (C=O) groups is 1. The Morgan fingerprint density at radius 1 is 1.70 bits per heavy atom. The lowest BCUT2D eigenvalue weighted by Crippen LogP contribution is -2.43. The molecule has 1 saturated heterocycles. The Morgan fingerprint density at radius 3 is 3.40 bits per heavy atom. The van der Waals surface area contributed by atoms with E-state index in [0.717, 1.165) is 19.4 Å². The van der Waals surface area contributed by atoms with Gasteiger partial charge in [0, 0.05) is 12.8 Å². The molecule has 3 nitrogen and oxygen atoms in total. The summed E-state index contributed by atoms with van der Waals surface area (Å²) in [6.45, 7) is 0.837. The number of amides is 1. The number of piperidine rings is 1. The molecule has 0 aromatic heterocycles. The molecule has 10 heavy (non-hydrogen) atoms. The summed E-state index contributed by atoms with van der Waals surface area (Å²) in [5, 5.41) is 2.80. The van der Waals surface area contributed by atoms with Crippen molar-refractivity contribution in [1.29, 1.82) is 0 Å². The SMILES string of the molecule is O=C1NCCC2CC=NC12. The van der Waals surface area contributed by atoms with Gasteiger partial charge in [0.2, 0.25) is 5.91 Å². The molecule has 54 valence electrons. The molecule has 3 heteroatoms. The third-order valence-corrected chi connectivity index (χ3v) is 2.20. The molecule has 2 aliphatic heterocycles. The van der Waals surface area contributed by atoms with Gasteiger partial charge < -0.3 is 5.32 Å². The van der Waals surface area contributed by atoms with E-state index in [2.05, 4.69) is 10.3 Å². The highest BCUT2D eigenvalue weighted by Gasteiger charge is 2.33. The van der Waals surface area contributed by atoms with Crippen molar-refractivity contribution in [3.8, 4) is 0 Å². The summed E-state index contributed by atoms with van der Waals surface area (Å²) in [5.41, 5.74) is 0. The minimum absolute atomic E-state index is 0.0475. The molecule has 0 bridgehead atoms. The zero-order valence-corrected chi connectivity index (χ0v) is 5.71. The maximum Gasteiger partial charge on any atom is 0.245 e. The standard InChI is InChI=1S/C7H10N2O/c10-7-6-5(1-3-8-6)2-4-9-7/h3,5-6H,1-2,4H2,(H,9,10). The van der Waals surface area contributed by atoms with Gasteiger partial charge >= 0.3 is 0 Å². The molecule has 2 unspecified atom stereocenters. The summed E-state index contributed by atoms with van der Waals surface area (Å²) in [7, 11) is 0. The Balaban J connectivity index is 2.16. The Kier molecular flexibility index (Phi) is 1.22. The highest BCUT2D eigenvalue weighted by Crippen LogP contribution is 2.23. The van der Waals surface area contributed by atoms with E-state index in [9.17, 15) is 4.79 Å². The number of rotatable bonds is 0. The molecule has 0 saturated carbocycles. The van der Waals surface area contributed by atoms with Crippen LogP contribution in [0.25, 0.3) is 0 Å². The molecule has 2 heterocycles. The van der Waals surface area contributed by atoms with E-state index in [-0.39, 0.29) is 11.9 Å². The normalized spacial score (nSPS) is 37.4. The fourth-order valence-electron chi connectivity index (χ4n) is 1.60. The highest BCUT2D eigenvalue weighted by atomic mass is 16.2. The molecule has 0 radical (unpaired) electrons. The maximum absolute atomic E-state index is 11.1. The van der Waals surface area contributed by atoms with E-state index in [1.54, 1.807) is 0 Å². The van der Waals surface area contributed by atoms with Crippen molar-refractivity contribution in [3.05, 3.63) is 0 Å². The summed E-state index contributed by atoms with van der Waals surface area (Å²) in [6.07, 6.45) is 3.97. The van der Waals surface area contributed by atoms with Crippen molar-refractivity contribution in [2.45, 2.75) is 18.9 Å². The van der Waals surface area contributed by atoms with Gasteiger partial charge in [-0.1, -0.05) is 0 Å². The number of fused-ring (bicyclic) bond motifs is 1. The van der Waals surface area contributed by atoms with E-state index in [0.29, 0.717) is 5.92 Å². The van der Waals surface area contributed by atoms with Crippen molar-refractivity contribution < 1.29 is 4.79 Å². The van der Waals surface area contributed by atoms with E-state index in [1.165, 1.54) is 0 Å². The monoisotopic (exact) mass is 138 g/mol. The van der Waals surface area contributed by atoms with E-state index in [1.807, 2.05) is 6.21 Å². The van der Waals surface area contributed by atoms with Gasteiger partial charge in [-0.25, -0.2) is 0 Å². The van der Waals surface area contributed by atoms with Crippen LogP contribution >= 0.6 is 0 Å². The van der Waals surface area contributed by atoms with Crippen LogP contribution in [0.2, 0.25) is 0 Å². The van der Waals surface area contributed by atoms with Crippen molar-refractivity contribution in [2.24, 2.45) is 10.9 Å². The molecule has 0 spiro atoms. The lowest BCUT2D eigenvalue weighted by atomic mass is 9.93. The number of hydrogen-bond donors (Lipinski definition) is 1. The third-order valence-electron chi connectivity index (χ3n) is 2.20. The second-order valence-electron chi connectivity index (χ2n) is 2.85. The minimum atomic E-state index is -0.0475. The number of aliphatic imine (C=N–C) groups is 1. The summed E-state index contributed by atoms with van der Waals surface area (Å²) in [4.78, 5) is 15.2. The van der Waals surface area contributed by atoms with Crippen LogP contribution in [-0.2, 0) is 4.79 Å². The zero-order chi connectivity index (χ0) is 6.97. The fourth-order valence-corrected chi connectivity index (χ4v) is 1.60. The molecule has 1 amide bonds. The first-order valence-electron chi connectivity index (χ1n) is 3.67. The summed E-state index contributed by atoms with van der Waals surface area (Å²) < 4.78 is 0. The van der Waals surface area contributed by atoms with Crippen LogP contribution in [0.4, 0.5) is 0 Å². The molecular weight excluding hydrogens is 128 g/mol. The first kappa shape index (κ1) is 5.89. The van der Waals surface area contributed by atoms with Crippen LogP contribution in [-0.4, -0.2) is 24.7 Å². The van der Waals surface area contributed by atoms with Crippen LogP contribution in [0.1, 0.15) is 12.8 Å². The molecule has 0 aromatic carbocycles. The number of nitrogens with one attached hydrogen (secondary N) is 1. The number of nitrogens with zero attached hydrogens (tertiary/aromatic N) is 1. The molecule has 2 rings (SSSR count). The first-order valence-corrected chi connectivity index (χ1v) is 3.67. The lowest BCUT2D eigenvalue weighted by Gasteiger charge is -2.22. The van der Waals surface area contributed by atoms with Crippen LogP contribution in [0.5, 0.6) is 0 Å². The Hall–Kier alpha value is -0.860. The average Bonchev–Trinajstić information content (AvgIpc) is 2.36. The van der Waals surface area contributed by atoms with Crippen molar-refractivity contribution >= 4 is 12.1 Å². The molecule has 0 aliphatic carbocycles. The smallest absolute Gasteiger partial charge is 0.245 e. The molecule has 0 aromatic rings. The Labute approximate surface area is 59.5 Å². The average molecular weight is 138 g/mol. The molecule has 1 fully saturated rings. The molecule has 2 aliphatic rings. The first-order chi connectivity index (χ1) is 4.88. The fraction of sp³-hybridized carbons (Fsp3) is 0.714. The second kappa shape index (κ2) is 2.08. The largest absolute Gasteiger partial charge is 0.354 e. The molecular formula is C7H10N2O. The van der Waals surface area contributed by atoms with Crippen molar-refractivity contribution in [3.63, 3.8) is 0 Å². The third kappa shape index (κ3) is 0.735. The van der Waals surface area contributed by atoms with Crippen molar-refractivity contribution in [1.82, 2.24) is 5.32 Å². The lowest BCUT2D eigenvalue weighted by molar-refractivity contribution is -0.124. The Bertz CT molecular complexity index is 188. The summed E-state index contributed by atoms with van der Waals surface area (Å²) in [6, 6.07) is -0.0475. The van der Waals surface area contributed by atoms with Gasteiger partial charge in [-0.15, -0.1) is 0 Å². The van der Waals surface area contributed by atoms with Crippen molar-refractivity contribution in [2.75, 3.05) is 6.54 Å². The van der Waals surface area contributed by atoms with Gasteiger partial charge in [-0.2, -0.15) is 0 Å². The minimum Gasteiger partial charge on any atom is -0.354 e.